The van der Waals surface area contributed by atoms with Gasteiger partial charge < -0.3 is 19.7 Å². The maximum Gasteiger partial charge on any atom is 0.254 e. The number of piperazine rings is 1. The fourth-order valence-electron chi connectivity index (χ4n) is 2.32. The van der Waals surface area contributed by atoms with Crippen molar-refractivity contribution in [2.24, 2.45) is 0 Å². The van der Waals surface area contributed by atoms with Crippen LogP contribution in [0.5, 0.6) is 0 Å². The molecule has 1 aromatic rings. The van der Waals surface area contributed by atoms with Crippen LogP contribution in [0, 0.1) is 0 Å². The highest BCUT2D eigenvalue weighted by atomic mass is 16.4. The molecule has 1 heterocycles. The molecule has 1 aliphatic heterocycles. The van der Waals surface area contributed by atoms with E-state index in [1.165, 1.54) is 4.90 Å². The van der Waals surface area contributed by atoms with Gasteiger partial charge in [0.25, 0.3) is 5.91 Å². The summed E-state index contributed by atoms with van der Waals surface area (Å²) in [6, 6.07) is 9.23. The van der Waals surface area contributed by atoms with Crippen LogP contribution in [0.3, 0.4) is 0 Å². The average Bonchev–Trinajstić information content (AvgIpc) is 2.46. The molecule has 0 bridgehead atoms. The lowest BCUT2D eigenvalue weighted by atomic mass is 10.2. The summed E-state index contributed by atoms with van der Waals surface area (Å²) in [7, 11) is 0. The molecule has 1 aliphatic rings. The average molecular weight is 262 g/mol. The number of benzene rings is 1. The molecule has 0 aliphatic carbocycles. The lowest BCUT2D eigenvalue weighted by Crippen LogP contribution is -3.15. The van der Waals surface area contributed by atoms with Crippen molar-refractivity contribution >= 4 is 11.9 Å². The monoisotopic (exact) mass is 262 g/mol. The lowest BCUT2D eigenvalue weighted by molar-refractivity contribution is -0.903. The molecular formula is C14H18N2O3. The Balaban J connectivity index is 1.83. The van der Waals surface area contributed by atoms with Crippen molar-refractivity contribution in [3.63, 3.8) is 0 Å². The molecule has 19 heavy (non-hydrogen) atoms. The highest BCUT2D eigenvalue weighted by molar-refractivity contribution is 5.94. The molecule has 1 saturated heterocycles. The van der Waals surface area contributed by atoms with Crippen molar-refractivity contribution in [2.75, 3.05) is 32.7 Å². The number of quaternary nitrogens is 1. The molecule has 0 unspecified atom stereocenters. The molecule has 5 nitrogen and oxygen atoms in total. The molecule has 0 aromatic heterocycles. The second-order valence-corrected chi connectivity index (χ2v) is 4.78. The molecule has 1 aromatic carbocycles. The summed E-state index contributed by atoms with van der Waals surface area (Å²) in [6.45, 7) is 3.53. The van der Waals surface area contributed by atoms with E-state index in [9.17, 15) is 14.7 Å². The maximum atomic E-state index is 12.2. The van der Waals surface area contributed by atoms with E-state index in [0.29, 0.717) is 25.2 Å². The second kappa shape index (κ2) is 6.33. The topological polar surface area (TPSA) is 64.9 Å². The zero-order valence-electron chi connectivity index (χ0n) is 10.8. The van der Waals surface area contributed by atoms with Gasteiger partial charge in [-0.25, -0.2) is 0 Å². The third-order valence-electron chi connectivity index (χ3n) is 3.46. The summed E-state index contributed by atoms with van der Waals surface area (Å²) in [5.74, 6) is -0.949. The number of nitrogens with one attached hydrogen (secondary N) is 1. The Morgan fingerprint density at radius 1 is 1.16 bits per heavy atom. The Morgan fingerprint density at radius 2 is 1.79 bits per heavy atom. The van der Waals surface area contributed by atoms with Crippen LogP contribution in [0.4, 0.5) is 0 Å². The van der Waals surface area contributed by atoms with Crippen LogP contribution in [0.1, 0.15) is 16.8 Å². The molecular weight excluding hydrogens is 244 g/mol. The van der Waals surface area contributed by atoms with Crippen molar-refractivity contribution < 1.29 is 19.6 Å². The van der Waals surface area contributed by atoms with Gasteiger partial charge >= 0.3 is 0 Å². The van der Waals surface area contributed by atoms with Crippen molar-refractivity contribution in [2.45, 2.75) is 6.42 Å². The Kier molecular flexibility index (Phi) is 4.52. The Labute approximate surface area is 112 Å². The summed E-state index contributed by atoms with van der Waals surface area (Å²) < 4.78 is 0. The van der Waals surface area contributed by atoms with Crippen molar-refractivity contribution in [3.05, 3.63) is 35.9 Å². The van der Waals surface area contributed by atoms with Crippen LogP contribution in [0.2, 0.25) is 0 Å². The van der Waals surface area contributed by atoms with Gasteiger partial charge in [0.05, 0.1) is 32.7 Å². The first-order valence-electron chi connectivity index (χ1n) is 6.54. The van der Waals surface area contributed by atoms with Crippen molar-refractivity contribution in [1.82, 2.24) is 4.90 Å². The third-order valence-corrected chi connectivity index (χ3v) is 3.46. The van der Waals surface area contributed by atoms with Crippen LogP contribution >= 0.6 is 0 Å². The van der Waals surface area contributed by atoms with Gasteiger partial charge in [-0.1, -0.05) is 18.2 Å². The summed E-state index contributed by atoms with van der Waals surface area (Å²) in [5, 5.41) is 10.4. The number of aliphatic carboxylic acids is 1. The zero-order chi connectivity index (χ0) is 13.7. The van der Waals surface area contributed by atoms with E-state index in [1.54, 1.807) is 0 Å². The van der Waals surface area contributed by atoms with Crippen molar-refractivity contribution in [1.29, 1.82) is 0 Å². The number of carboxylic acids is 1. The highest BCUT2D eigenvalue weighted by Crippen LogP contribution is 2.04. The number of nitrogens with zero attached hydrogens (tertiary/aromatic N) is 1. The van der Waals surface area contributed by atoms with Gasteiger partial charge in [0.2, 0.25) is 0 Å². The minimum atomic E-state index is -1.00. The molecule has 0 atom stereocenters. The summed E-state index contributed by atoms with van der Waals surface area (Å²) in [5.41, 5.74) is 0.709. The summed E-state index contributed by atoms with van der Waals surface area (Å²) in [6.07, 6.45) is 0.0853. The largest absolute Gasteiger partial charge is 0.550 e. The molecule has 2 rings (SSSR count). The van der Waals surface area contributed by atoms with E-state index < -0.39 is 5.97 Å². The lowest BCUT2D eigenvalue weighted by Gasteiger charge is -2.32. The van der Waals surface area contributed by atoms with Gasteiger partial charge in [-0.15, -0.1) is 0 Å². The first kappa shape index (κ1) is 13.5. The number of hydrogen-bond donors (Lipinski definition) is 1. The van der Waals surface area contributed by atoms with Crippen LogP contribution < -0.4 is 10.0 Å². The van der Waals surface area contributed by atoms with Gasteiger partial charge in [-0.3, -0.25) is 4.79 Å². The fraction of sp³-hybridized carbons (Fsp3) is 0.429. The Morgan fingerprint density at radius 3 is 2.37 bits per heavy atom. The first-order valence-corrected chi connectivity index (χ1v) is 6.54. The van der Waals surface area contributed by atoms with E-state index >= 15 is 0 Å². The number of rotatable bonds is 4. The molecule has 0 radical (unpaired) electrons. The van der Waals surface area contributed by atoms with Gasteiger partial charge in [-0.2, -0.15) is 0 Å². The Bertz CT molecular complexity index is 439. The van der Waals surface area contributed by atoms with E-state index in [1.807, 2.05) is 35.2 Å². The SMILES string of the molecule is O=C([O-])CC[NH+]1CCN(C(=O)c2ccccc2)CC1. The summed E-state index contributed by atoms with van der Waals surface area (Å²) in [4.78, 5) is 25.7. The van der Waals surface area contributed by atoms with Gasteiger partial charge in [0, 0.05) is 18.0 Å². The molecule has 1 fully saturated rings. The second-order valence-electron chi connectivity index (χ2n) is 4.78. The van der Waals surface area contributed by atoms with Crippen LogP contribution in [-0.4, -0.2) is 49.5 Å². The normalized spacial score (nSPS) is 16.3. The smallest absolute Gasteiger partial charge is 0.254 e. The molecule has 0 saturated carbocycles. The van der Waals surface area contributed by atoms with E-state index in [0.717, 1.165) is 13.1 Å². The van der Waals surface area contributed by atoms with E-state index in [4.69, 9.17) is 0 Å². The number of hydrogen-bond acceptors (Lipinski definition) is 3. The first-order chi connectivity index (χ1) is 9.16. The minimum absolute atomic E-state index is 0.0551. The Hall–Kier alpha value is -1.88. The fourth-order valence-corrected chi connectivity index (χ4v) is 2.32. The molecule has 5 heteroatoms. The predicted molar refractivity (Wildman–Crippen MR) is 67.5 cm³/mol. The zero-order valence-corrected chi connectivity index (χ0v) is 10.8. The van der Waals surface area contributed by atoms with Gasteiger partial charge in [0.1, 0.15) is 0 Å². The minimum Gasteiger partial charge on any atom is -0.550 e. The van der Waals surface area contributed by atoms with Crippen LogP contribution in [-0.2, 0) is 4.79 Å². The van der Waals surface area contributed by atoms with E-state index in [-0.39, 0.29) is 12.3 Å². The van der Waals surface area contributed by atoms with Crippen LogP contribution in [0.25, 0.3) is 0 Å². The van der Waals surface area contributed by atoms with Gasteiger partial charge in [0.15, 0.2) is 0 Å². The molecule has 1 amide bonds. The highest BCUT2D eigenvalue weighted by Gasteiger charge is 2.23. The maximum absolute atomic E-state index is 12.2. The van der Waals surface area contributed by atoms with Gasteiger partial charge in [-0.05, 0) is 12.1 Å². The summed E-state index contributed by atoms with van der Waals surface area (Å²) >= 11 is 0. The molecule has 102 valence electrons. The number of amides is 1. The number of carbonyl (C=O) groups excluding carboxylic acids is 2. The predicted octanol–water partition coefficient (Wildman–Crippen LogP) is -1.83. The van der Waals surface area contributed by atoms with Crippen LogP contribution in [0.15, 0.2) is 30.3 Å². The van der Waals surface area contributed by atoms with Crippen molar-refractivity contribution in [3.8, 4) is 0 Å². The number of carboxylic acid groups (broad SMARTS) is 1. The molecule has 0 spiro atoms. The standard InChI is InChI=1S/C14H18N2O3/c17-13(18)6-7-15-8-10-16(11-9-15)14(19)12-4-2-1-3-5-12/h1-5H,6-11H2,(H,17,18). The quantitative estimate of drug-likeness (QED) is 0.694. The third kappa shape index (κ3) is 3.79. The molecule has 1 N–H and O–H groups in total. The number of carbonyl (C=O) groups is 2. The van der Waals surface area contributed by atoms with E-state index in [2.05, 4.69) is 0 Å².